The molecule has 1 aromatic carbocycles. The molecule has 3 N–H and O–H groups in total. The van der Waals surface area contributed by atoms with Crippen molar-refractivity contribution in [3.05, 3.63) is 52.2 Å². The Morgan fingerprint density at radius 1 is 1.37 bits per heavy atom. The average Bonchev–Trinajstić information content (AvgIpc) is 2.93. The number of amides is 2. The summed E-state index contributed by atoms with van der Waals surface area (Å²) in [6, 6.07) is 9.07. The lowest BCUT2D eigenvalue weighted by atomic mass is 10.2. The molecule has 0 saturated heterocycles. The molecule has 0 saturated carbocycles. The number of aryl methyl sites for hydroxylation is 1. The number of rotatable bonds is 4. The van der Waals surface area contributed by atoms with Gasteiger partial charge in [-0.15, -0.1) is 0 Å². The molecule has 0 aliphatic rings. The van der Waals surface area contributed by atoms with E-state index in [2.05, 4.69) is 10.6 Å². The molecule has 19 heavy (non-hydrogen) atoms. The Balaban J connectivity index is 1.84. The number of anilines is 1. The molecule has 100 valence electrons. The Hall–Kier alpha value is -1.85. The SMILES string of the molecule is Cc1ccccc1NC(=O)NCC(O)c1ccsc1. The molecular weight excluding hydrogens is 260 g/mol. The number of carbonyl (C=O) groups is 1. The standard InChI is InChI=1S/C14H16N2O2S/c1-10-4-2-3-5-12(10)16-14(18)15-8-13(17)11-6-7-19-9-11/h2-7,9,13,17H,8H2,1H3,(H2,15,16,18). The van der Waals surface area contributed by atoms with Crippen molar-refractivity contribution in [3.63, 3.8) is 0 Å². The number of para-hydroxylation sites is 1. The van der Waals surface area contributed by atoms with E-state index in [9.17, 15) is 9.90 Å². The number of hydrogen-bond acceptors (Lipinski definition) is 3. The molecular formula is C14H16N2O2S. The summed E-state index contributed by atoms with van der Waals surface area (Å²) in [5.74, 6) is 0. The minimum absolute atomic E-state index is 0.189. The van der Waals surface area contributed by atoms with Crippen molar-refractivity contribution in [1.82, 2.24) is 5.32 Å². The number of aliphatic hydroxyl groups is 1. The first-order chi connectivity index (χ1) is 9.16. The van der Waals surface area contributed by atoms with Gasteiger partial charge in [-0.1, -0.05) is 18.2 Å². The van der Waals surface area contributed by atoms with Crippen LogP contribution < -0.4 is 10.6 Å². The number of urea groups is 1. The topological polar surface area (TPSA) is 61.4 Å². The Labute approximate surface area is 116 Å². The van der Waals surface area contributed by atoms with Crippen LogP contribution in [0.4, 0.5) is 10.5 Å². The molecule has 0 bridgehead atoms. The lowest BCUT2D eigenvalue weighted by Crippen LogP contribution is -2.32. The van der Waals surface area contributed by atoms with Gasteiger partial charge in [-0.3, -0.25) is 0 Å². The molecule has 4 nitrogen and oxygen atoms in total. The first-order valence-corrected chi connectivity index (χ1v) is 6.92. The second-order valence-electron chi connectivity index (χ2n) is 4.22. The number of benzene rings is 1. The first kappa shape index (κ1) is 13.6. The van der Waals surface area contributed by atoms with E-state index < -0.39 is 6.10 Å². The van der Waals surface area contributed by atoms with Crippen molar-refractivity contribution in [1.29, 1.82) is 0 Å². The molecule has 5 heteroatoms. The van der Waals surface area contributed by atoms with Gasteiger partial charge in [0.2, 0.25) is 0 Å². The predicted molar refractivity (Wildman–Crippen MR) is 77.5 cm³/mol. The minimum Gasteiger partial charge on any atom is -0.387 e. The Morgan fingerprint density at radius 3 is 2.84 bits per heavy atom. The molecule has 2 aromatic rings. The molecule has 0 aliphatic carbocycles. The monoisotopic (exact) mass is 276 g/mol. The normalized spacial score (nSPS) is 11.9. The first-order valence-electron chi connectivity index (χ1n) is 5.97. The zero-order valence-corrected chi connectivity index (χ0v) is 11.4. The van der Waals surface area contributed by atoms with Gasteiger partial charge in [0.05, 0.1) is 6.10 Å². The van der Waals surface area contributed by atoms with E-state index in [-0.39, 0.29) is 12.6 Å². The minimum atomic E-state index is -0.672. The summed E-state index contributed by atoms with van der Waals surface area (Å²) in [7, 11) is 0. The fraction of sp³-hybridized carbons (Fsp3) is 0.214. The molecule has 2 rings (SSSR count). The van der Waals surface area contributed by atoms with Gasteiger partial charge in [0.15, 0.2) is 0 Å². The van der Waals surface area contributed by atoms with E-state index >= 15 is 0 Å². The van der Waals surface area contributed by atoms with E-state index in [1.165, 1.54) is 11.3 Å². The van der Waals surface area contributed by atoms with E-state index in [1.807, 2.05) is 48.0 Å². The summed E-state index contributed by atoms with van der Waals surface area (Å²) < 4.78 is 0. The molecule has 0 aliphatic heterocycles. The smallest absolute Gasteiger partial charge is 0.319 e. The van der Waals surface area contributed by atoms with Crippen molar-refractivity contribution in [2.24, 2.45) is 0 Å². The van der Waals surface area contributed by atoms with E-state index in [0.717, 1.165) is 16.8 Å². The third-order valence-corrected chi connectivity index (χ3v) is 3.48. The van der Waals surface area contributed by atoms with Gasteiger partial charge in [0, 0.05) is 12.2 Å². The van der Waals surface area contributed by atoms with E-state index in [0.29, 0.717) is 0 Å². The third kappa shape index (κ3) is 3.81. The van der Waals surface area contributed by atoms with Crippen molar-refractivity contribution in [3.8, 4) is 0 Å². The second kappa shape index (κ2) is 6.36. The predicted octanol–water partition coefficient (Wildman–Crippen LogP) is 2.91. The molecule has 1 unspecified atom stereocenters. The van der Waals surface area contributed by atoms with Crippen molar-refractivity contribution in [2.45, 2.75) is 13.0 Å². The summed E-state index contributed by atoms with van der Waals surface area (Å²) in [6.45, 7) is 2.12. The van der Waals surface area contributed by atoms with Crippen LogP contribution in [0.15, 0.2) is 41.1 Å². The van der Waals surface area contributed by atoms with Gasteiger partial charge in [0.1, 0.15) is 0 Å². The molecule has 0 spiro atoms. The van der Waals surface area contributed by atoms with Crippen LogP contribution in [0.3, 0.4) is 0 Å². The number of nitrogens with one attached hydrogen (secondary N) is 2. The Kier molecular flexibility index (Phi) is 4.54. The average molecular weight is 276 g/mol. The van der Waals surface area contributed by atoms with Gasteiger partial charge < -0.3 is 15.7 Å². The van der Waals surface area contributed by atoms with Crippen LogP contribution in [-0.2, 0) is 0 Å². The van der Waals surface area contributed by atoms with Gasteiger partial charge in [-0.2, -0.15) is 11.3 Å². The fourth-order valence-electron chi connectivity index (χ4n) is 1.65. The molecule has 2 amide bonds. The number of thiophene rings is 1. The third-order valence-electron chi connectivity index (χ3n) is 2.78. The van der Waals surface area contributed by atoms with E-state index in [4.69, 9.17) is 0 Å². The Bertz CT molecular complexity index is 540. The maximum absolute atomic E-state index is 11.7. The van der Waals surface area contributed by atoms with Crippen molar-refractivity contribution in [2.75, 3.05) is 11.9 Å². The van der Waals surface area contributed by atoms with Gasteiger partial charge >= 0.3 is 6.03 Å². The van der Waals surface area contributed by atoms with Gasteiger partial charge in [0.25, 0.3) is 0 Å². The second-order valence-corrected chi connectivity index (χ2v) is 5.00. The molecule has 0 radical (unpaired) electrons. The number of aliphatic hydroxyl groups excluding tert-OH is 1. The van der Waals surface area contributed by atoms with Crippen LogP contribution in [0.5, 0.6) is 0 Å². The summed E-state index contributed by atoms with van der Waals surface area (Å²) in [4.78, 5) is 11.7. The van der Waals surface area contributed by atoms with Crippen LogP contribution in [0.25, 0.3) is 0 Å². The lowest BCUT2D eigenvalue weighted by molar-refractivity contribution is 0.175. The zero-order valence-electron chi connectivity index (χ0n) is 10.6. The van der Waals surface area contributed by atoms with Crippen LogP contribution >= 0.6 is 11.3 Å². The van der Waals surface area contributed by atoms with Crippen LogP contribution in [0, 0.1) is 6.92 Å². The zero-order chi connectivity index (χ0) is 13.7. The summed E-state index contributed by atoms with van der Waals surface area (Å²) in [5.41, 5.74) is 2.59. The molecule has 1 atom stereocenters. The summed E-state index contributed by atoms with van der Waals surface area (Å²) in [5, 5.41) is 19.0. The molecule has 1 heterocycles. The van der Waals surface area contributed by atoms with Gasteiger partial charge in [-0.25, -0.2) is 4.79 Å². The van der Waals surface area contributed by atoms with E-state index in [1.54, 1.807) is 0 Å². The lowest BCUT2D eigenvalue weighted by Gasteiger charge is -2.12. The largest absolute Gasteiger partial charge is 0.387 e. The van der Waals surface area contributed by atoms with Crippen molar-refractivity contribution >= 4 is 23.1 Å². The van der Waals surface area contributed by atoms with Crippen LogP contribution in [0.1, 0.15) is 17.2 Å². The quantitative estimate of drug-likeness (QED) is 0.804. The highest BCUT2D eigenvalue weighted by molar-refractivity contribution is 7.07. The van der Waals surface area contributed by atoms with Crippen LogP contribution in [-0.4, -0.2) is 17.7 Å². The van der Waals surface area contributed by atoms with Crippen molar-refractivity contribution < 1.29 is 9.90 Å². The van der Waals surface area contributed by atoms with Crippen LogP contribution in [0.2, 0.25) is 0 Å². The fourth-order valence-corrected chi connectivity index (χ4v) is 2.36. The summed E-state index contributed by atoms with van der Waals surface area (Å²) >= 11 is 1.52. The maximum atomic E-state index is 11.7. The van der Waals surface area contributed by atoms with Gasteiger partial charge in [-0.05, 0) is 40.9 Å². The highest BCUT2D eigenvalue weighted by Gasteiger charge is 2.10. The highest BCUT2D eigenvalue weighted by atomic mass is 32.1. The molecule has 1 aromatic heterocycles. The highest BCUT2D eigenvalue weighted by Crippen LogP contribution is 2.15. The Morgan fingerprint density at radius 2 is 2.16 bits per heavy atom. The number of hydrogen-bond donors (Lipinski definition) is 3. The number of carbonyl (C=O) groups excluding carboxylic acids is 1. The molecule has 0 fully saturated rings. The summed E-state index contributed by atoms with van der Waals surface area (Å²) in [6.07, 6.45) is -0.672. The maximum Gasteiger partial charge on any atom is 0.319 e.